The minimum absolute atomic E-state index is 0.0525. The third-order valence-electron chi connectivity index (χ3n) is 30.9. The maximum atomic E-state index is 4.13. The Balaban J connectivity index is 1.20. The van der Waals surface area contributed by atoms with Crippen LogP contribution in [-0.2, 0) is 0 Å². The van der Waals surface area contributed by atoms with E-state index in [1.165, 1.54) is 171 Å². The number of benzene rings is 8. The molecule has 0 N–H and O–H groups in total. The summed E-state index contributed by atoms with van der Waals surface area (Å²) in [6, 6.07) is 68.9. The van der Waals surface area contributed by atoms with Crippen molar-refractivity contribution in [2.45, 2.75) is 204 Å². The Bertz CT molecular complexity index is 3890. The number of hydrogen-bond donors (Lipinski definition) is 0. The quantitative estimate of drug-likeness (QED) is 0.0369. The highest BCUT2D eigenvalue weighted by molar-refractivity contribution is 9.13. The highest BCUT2D eigenvalue weighted by Crippen LogP contribution is 3.37. The lowest BCUT2D eigenvalue weighted by Crippen LogP contribution is -3.32. The summed E-state index contributed by atoms with van der Waals surface area (Å²) in [5.41, 5.74) is 0.420. The van der Waals surface area contributed by atoms with Gasteiger partial charge in [0.1, 0.15) is 0 Å². The van der Waals surface area contributed by atoms with Gasteiger partial charge in [-0.15, -0.1) is 0 Å². The molecule has 6 aliphatic carbocycles. The van der Waals surface area contributed by atoms with E-state index in [1.807, 2.05) is 0 Å². The van der Waals surface area contributed by atoms with Gasteiger partial charge in [0.05, 0.1) is 64.6 Å². The van der Waals surface area contributed by atoms with Gasteiger partial charge in [0.25, 0.3) is 0 Å². The second kappa shape index (κ2) is 32.8. The lowest BCUT2D eigenvalue weighted by molar-refractivity contribution is -0.887. The van der Waals surface area contributed by atoms with Gasteiger partial charge in [0, 0.05) is 71.6 Å². The van der Waals surface area contributed by atoms with Gasteiger partial charge in [-0.1, -0.05) is 449 Å². The third kappa shape index (κ3) is 14.7. The van der Waals surface area contributed by atoms with Crippen molar-refractivity contribution in [3.63, 3.8) is 0 Å². The van der Waals surface area contributed by atoms with E-state index in [1.54, 1.807) is 41.5 Å². The summed E-state index contributed by atoms with van der Waals surface area (Å²) in [6.07, 6.45) is 10.3. The van der Waals surface area contributed by atoms with Crippen LogP contribution in [0, 0.1) is 43.3 Å². The van der Waals surface area contributed by atoms with Crippen molar-refractivity contribution in [1.29, 1.82) is 0 Å². The van der Waals surface area contributed by atoms with E-state index >= 15 is 0 Å². The maximum Gasteiger partial charge on any atom is 0.0807 e. The first-order valence-electron chi connectivity index (χ1n) is 39.5. The predicted molar refractivity (Wildman–Crippen MR) is 567 cm³/mol. The van der Waals surface area contributed by atoms with Crippen LogP contribution < -0.4 is 41.5 Å². The molecule has 8 aromatic rings. The van der Waals surface area contributed by atoms with Crippen molar-refractivity contribution in [2.24, 2.45) is 43.3 Å². The minimum atomic E-state index is -2.27. The Morgan fingerprint density at radius 2 is 0.214 bits per heavy atom. The molecule has 0 amide bonds. The SMILES string of the molecule is C[Si](C)(CCC12C3(CC[Si](C)(C)c4cc(Br)cc(Br)c4)C4(CC[Si](C)(C)c5cc(Br)cc(Br)c5)C1(CC[Si](C)(C)c1cc(Br)cc(Br)c1)C1(CC[Si](C)(C)c5cc(Br)cc(Br)c5)C2(CC[Si](C)(C)c2cc(Br)cc(Br)c2)C3(CC[Si](C)(C)c2cc(Br)cc(Br)c2)C41CC[Si](C)(C)c1cc(Br)cc(Br)c1)c1cc(Br)cc(Br)c1. The molecule has 0 unspecified atom stereocenters. The monoisotopic (exact) mass is 2650 g/mol. The molecule has 6 fully saturated rings. The van der Waals surface area contributed by atoms with Gasteiger partial charge in [0.15, 0.2) is 0 Å². The van der Waals surface area contributed by atoms with E-state index < -0.39 is 64.6 Å². The van der Waals surface area contributed by atoms with Gasteiger partial charge < -0.3 is 0 Å². The zero-order valence-corrected chi connectivity index (χ0v) is 101. The Morgan fingerprint density at radius 3 is 0.286 bits per heavy atom. The Morgan fingerprint density at radius 1 is 0.143 bits per heavy atom. The largest absolute Gasteiger partial charge is 0.0807 e. The average molecular weight is 2660 g/mol. The third-order valence-corrected chi connectivity index (χ3v) is 65.0. The number of halogens is 16. The molecule has 8 aromatic carbocycles. The first-order chi connectivity index (χ1) is 51.8. The Labute approximate surface area is 813 Å². The Kier molecular flexibility index (Phi) is 27.2. The summed E-state index contributed by atoms with van der Waals surface area (Å²) < 4.78 is 18.9. The van der Waals surface area contributed by atoms with E-state index in [0.29, 0.717) is 0 Å². The van der Waals surface area contributed by atoms with E-state index in [2.05, 4.69) is 505 Å². The molecular formula is C88H104Br16Si8. The van der Waals surface area contributed by atoms with Gasteiger partial charge in [-0.2, -0.15) is 0 Å². The van der Waals surface area contributed by atoms with Gasteiger partial charge in [0.2, 0.25) is 0 Å². The molecule has 24 heteroatoms. The molecule has 0 heterocycles. The summed E-state index contributed by atoms with van der Waals surface area (Å²) in [5, 5.41) is 12.5. The van der Waals surface area contributed by atoms with Crippen LogP contribution in [-0.4, -0.2) is 64.6 Å². The van der Waals surface area contributed by atoms with Gasteiger partial charge in [-0.3, -0.25) is 0 Å². The fraction of sp³-hybridized carbons (Fsp3) is 0.455. The van der Waals surface area contributed by atoms with Crippen molar-refractivity contribution in [3.8, 4) is 0 Å². The van der Waals surface area contributed by atoms with E-state index in [0.717, 1.165) is 0 Å². The summed E-state index contributed by atoms with van der Waals surface area (Å²) in [7, 11) is -18.2. The Hall–Kier alpha value is 3.18. The van der Waals surface area contributed by atoms with Gasteiger partial charge in [-0.25, -0.2) is 0 Å². The van der Waals surface area contributed by atoms with Crippen molar-refractivity contribution >= 4 is 361 Å². The zero-order chi connectivity index (χ0) is 82.1. The van der Waals surface area contributed by atoms with Crippen LogP contribution in [0.1, 0.15) is 51.4 Å². The van der Waals surface area contributed by atoms with Crippen LogP contribution >= 0.6 is 255 Å². The van der Waals surface area contributed by atoms with E-state index in [-0.39, 0.29) is 43.3 Å². The summed E-state index contributed by atoms with van der Waals surface area (Å²) in [6.45, 7) is 44.5. The van der Waals surface area contributed by atoms with Crippen molar-refractivity contribution < 1.29 is 0 Å². The van der Waals surface area contributed by atoms with Crippen molar-refractivity contribution in [2.75, 3.05) is 0 Å². The molecule has 0 nitrogen and oxygen atoms in total. The van der Waals surface area contributed by atoms with Gasteiger partial charge >= 0.3 is 0 Å². The average Bonchev–Trinajstić information content (AvgIpc) is 0.490. The maximum absolute atomic E-state index is 4.13. The first kappa shape index (κ1) is 92.8. The molecule has 0 atom stereocenters. The smallest absolute Gasteiger partial charge is 0.0654 e. The number of hydrogen-bond acceptors (Lipinski definition) is 0. The fourth-order valence-corrected chi connectivity index (χ4v) is 59.0. The van der Waals surface area contributed by atoms with Gasteiger partial charge in [-0.05, 0) is 240 Å². The minimum Gasteiger partial charge on any atom is -0.0654 e. The second-order valence-corrected chi connectivity index (χ2v) is 93.0. The highest BCUT2D eigenvalue weighted by Gasteiger charge is 3.33. The number of rotatable bonds is 32. The lowest BCUT2D eigenvalue weighted by Gasteiger charge is -3.35. The lowest BCUT2D eigenvalue weighted by atomic mass is 8.68. The molecule has 0 spiro atoms. The predicted octanol–water partition coefficient (Wildman–Crippen LogP) is 32.2. The summed E-state index contributed by atoms with van der Waals surface area (Å²) >= 11 is 66.1. The first-order valence-corrected chi connectivity index (χ1v) is 77.9. The van der Waals surface area contributed by atoms with Crippen molar-refractivity contribution in [1.82, 2.24) is 0 Å². The normalized spacial score (nSPS) is 25.3. The van der Waals surface area contributed by atoms with Crippen LogP contribution in [0.2, 0.25) is 153 Å². The molecular weight excluding hydrogens is 2560 g/mol. The van der Waals surface area contributed by atoms with E-state index in [9.17, 15) is 0 Å². The molecule has 0 aliphatic heterocycles. The summed E-state index contributed by atoms with van der Waals surface area (Å²) in [5.74, 6) is 0. The molecule has 112 heavy (non-hydrogen) atoms. The topological polar surface area (TPSA) is 0 Å². The van der Waals surface area contributed by atoms with Crippen LogP contribution in [0.25, 0.3) is 0 Å². The zero-order valence-electron chi connectivity index (χ0n) is 67.2. The summed E-state index contributed by atoms with van der Waals surface area (Å²) in [4.78, 5) is 0. The highest BCUT2D eigenvalue weighted by atomic mass is 79.9. The van der Waals surface area contributed by atoms with E-state index in [4.69, 9.17) is 0 Å². The standard InChI is InChI=1S/C88H104Br16Si8/c1-105(2,73-41-57(89)33-58(90)42-73)25-17-81-82(18-26-106(3,4)74-43-59(91)34-60(92)44-74)85(21-29-109(9,10)77-49-65(97)37-66(98)50-77)83(81,19-27-107(5,6)75-45-61(93)35-62(94)46-75)87(23-31-111(13,14)79-53-69(101)39-70(102)54-79)84(81,20-28-108(7,8)76-47-63(95)36-64(96)48-76)86(82,22-30-110(11,12)78-51-67(99)38-68(100)52-78)88(85,87)24-32-112(15,16)80-55-71(103)40-72(104)56-80/h33-56H,17-32H2,1-16H3. The molecule has 6 aliphatic rings. The molecule has 0 radical (unpaired) electrons. The molecule has 0 bridgehead atoms. The van der Waals surface area contributed by atoms with Crippen LogP contribution in [0.4, 0.5) is 0 Å². The molecule has 6 saturated carbocycles. The molecule has 0 saturated heterocycles. The molecule has 0 aromatic heterocycles. The van der Waals surface area contributed by atoms with Crippen LogP contribution in [0.3, 0.4) is 0 Å². The molecule has 14 rings (SSSR count). The van der Waals surface area contributed by atoms with Crippen LogP contribution in [0.15, 0.2) is 217 Å². The van der Waals surface area contributed by atoms with Crippen molar-refractivity contribution in [3.05, 3.63) is 217 Å². The fourth-order valence-electron chi connectivity index (χ4n) is 26.2. The second-order valence-electron chi connectivity index (χ2n) is 39.6. The van der Waals surface area contributed by atoms with Crippen LogP contribution in [0.5, 0.6) is 0 Å². The molecule has 600 valence electrons.